The SMILES string of the molecule is O=C(CSCc1ccc(Cl)c(Cl)c1)Nc1ccc(Br)cc1F. The van der Waals surface area contributed by atoms with Gasteiger partial charge >= 0.3 is 0 Å². The van der Waals surface area contributed by atoms with Crippen LogP contribution in [0.15, 0.2) is 40.9 Å². The second-order valence-electron chi connectivity index (χ2n) is 4.41. The first kappa shape index (κ1) is 17.6. The van der Waals surface area contributed by atoms with Crippen molar-refractivity contribution in [2.24, 2.45) is 0 Å². The molecule has 0 spiro atoms. The lowest BCUT2D eigenvalue weighted by Gasteiger charge is -2.07. The molecule has 0 fully saturated rings. The van der Waals surface area contributed by atoms with Gasteiger partial charge in [-0.05, 0) is 35.9 Å². The summed E-state index contributed by atoms with van der Waals surface area (Å²) in [7, 11) is 0. The Bertz CT molecular complexity index is 699. The molecule has 0 radical (unpaired) electrons. The topological polar surface area (TPSA) is 29.1 Å². The van der Waals surface area contributed by atoms with Crippen LogP contribution >= 0.6 is 50.9 Å². The molecule has 0 aromatic heterocycles. The number of benzene rings is 2. The van der Waals surface area contributed by atoms with E-state index in [1.54, 1.807) is 18.2 Å². The fourth-order valence-electron chi connectivity index (χ4n) is 1.67. The molecule has 0 aliphatic rings. The first-order valence-corrected chi connectivity index (χ1v) is 8.92. The fourth-order valence-corrected chi connectivity index (χ4v) is 3.10. The normalized spacial score (nSPS) is 10.5. The van der Waals surface area contributed by atoms with E-state index < -0.39 is 5.82 Å². The molecule has 2 aromatic rings. The zero-order chi connectivity index (χ0) is 16.1. The summed E-state index contributed by atoms with van der Waals surface area (Å²) in [5, 5.41) is 3.53. The number of halogens is 4. The Labute approximate surface area is 150 Å². The van der Waals surface area contributed by atoms with Crippen LogP contribution in [0.4, 0.5) is 10.1 Å². The number of hydrogen-bond donors (Lipinski definition) is 1. The van der Waals surface area contributed by atoms with Crippen molar-refractivity contribution in [1.82, 2.24) is 0 Å². The maximum atomic E-state index is 13.6. The minimum atomic E-state index is -0.475. The van der Waals surface area contributed by atoms with E-state index in [-0.39, 0.29) is 17.3 Å². The van der Waals surface area contributed by atoms with Crippen LogP contribution in [0.1, 0.15) is 5.56 Å². The van der Waals surface area contributed by atoms with Crippen molar-refractivity contribution in [2.45, 2.75) is 5.75 Å². The fraction of sp³-hybridized carbons (Fsp3) is 0.133. The number of nitrogens with one attached hydrogen (secondary N) is 1. The van der Waals surface area contributed by atoms with E-state index in [2.05, 4.69) is 21.2 Å². The van der Waals surface area contributed by atoms with Gasteiger partial charge in [0.2, 0.25) is 5.91 Å². The number of carbonyl (C=O) groups is 1. The Morgan fingerprint density at radius 1 is 1.18 bits per heavy atom. The Kier molecular flexibility index (Phi) is 6.56. The monoisotopic (exact) mass is 421 g/mol. The molecular weight excluding hydrogens is 412 g/mol. The van der Waals surface area contributed by atoms with Crippen LogP contribution in [0.25, 0.3) is 0 Å². The van der Waals surface area contributed by atoms with E-state index in [1.807, 2.05) is 6.07 Å². The molecule has 0 aliphatic heterocycles. The van der Waals surface area contributed by atoms with Crippen LogP contribution < -0.4 is 5.32 Å². The van der Waals surface area contributed by atoms with Crippen molar-refractivity contribution in [3.8, 4) is 0 Å². The van der Waals surface area contributed by atoms with Gasteiger partial charge in [-0.3, -0.25) is 4.79 Å². The summed E-state index contributed by atoms with van der Waals surface area (Å²) in [6.07, 6.45) is 0. The number of amides is 1. The van der Waals surface area contributed by atoms with Gasteiger partial charge in [0.25, 0.3) is 0 Å². The third kappa shape index (κ3) is 5.16. The molecule has 0 unspecified atom stereocenters. The van der Waals surface area contributed by atoms with E-state index in [9.17, 15) is 9.18 Å². The molecule has 22 heavy (non-hydrogen) atoms. The van der Waals surface area contributed by atoms with Gasteiger partial charge in [-0.1, -0.05) is 45.2 Å². The molecule has 7 heteroatoms. The van der Waals surface area contributed by atoms with Gasteiger partial charge in [-0.25, -0.2) is 4.39 Å². The maximum absolute atomic E-state index is 13.6. The molecule has 0 aliphatic carbocycles. The molecular formula is C15H11BrCl2FNOS. The van der Waals surface area contributed by atoms with Crippen molar-refractivity contribution in [3.63, 3.8) is 0 Å². The summed E-state index contributed by atoms with van der Waals surface area (Å²) in [5.41, 5.74) is 1.14. The van der Waals surface area contributed by atoms with E-state index in [1.165, 1.54) is 23.9 Å². The zero-order valence-electron chi connectivity index (χ0n) is 11.2. The van der Waals surface area contributed by atoms with Gasteiger partial charge in [0, 0.05) is 10.2 Å². The van der Waals surface area contributed by atoms with Crippen LogP contribution in [0.3, 0.4) is 0 Å². The molecule has 0 saturated heterocycles. The number of anilines is 1. The highest BCUT2D eigenvalue weighted by molar-refractivity contribution is 9.10. The third-order valence-corrected chi connectivity index (χ3v) is 4.93. The molecule has 1 amide bonds. The van der Waals surface area contributed by atoms with Gasteiger partial charge < -0.3 is 5.32 Å². The molecule has 2 rings (SSSR count). The Balaban J connectivity index is 1.83. The summed E-state index contributed by atoms with van der Waals surface area (Å²) in [6.45, 7) is 0. The second kappa shape index (κ2) is 8.20. The molecule has 0 atom stereocenters. The van der Waals surface area contributed by atoms with Crippen molar-refractivity contribution in [3.05, 3.63) is 62.3 Å². The third-order valence-electron chi connectivity index (χ3n) is 2.69. The summed E-state index contributed by atoms with van der Waals surface area (Å²) in [4.78, 5) is 11.8. The number of carbonyl (C=O) groups excluding carboxylic acids is 1. The van der Waals surface area contributed by atoms with E-state index in [4.69, 9.17) is 23.2 Å². The van der Waals surface area contributed by atoms with Crippen molar-refractivity contribution in [2.75, 3.05) is 11.1 Å². The van der Waals surface area contributed by atoms with Crippen molar-refractivity contribution in [1.29, 1.82) is 0 Å². The molecule has 0 bridgehead atoms. The Hall–Kier alpha value is -0.750. The zero-order valence-corrected chi connectivity index (χ0v) is 15.1. The van der Waals surface area contributed by atoms with Crippen LogP contribution in [0.2, 0.25) is 10.0 Å². The maximum Gasteiger partial charge on any atom is 0.234 e. The first-order chi connectivity index (χ1) is 10.5. The molecule has 116 valence electrons. The summed E-state index contributed by atoms with van der Waals surface area (Å²) >= 11 is 16.3. The quantitative estimate of drug-likeness (QED) is 0.662. The molecule has 0 heterocycles. The van der Waals surface area contributed by atoms with Crippen LogP contribution in [-0.2, 0) is 10.5 Å². The number of thioether (sulfide) groups is 1. The smallest absolute Gasteiger partial charge is 0.234 e. The predicted octanol–water partition coefficient (Wildman–Crippen LogP) is 5.77. The summed E-state index contributed by atoms with van der Waals surface area (Å²) in [6, 6.07) is 9.83. The lowest BCUT2D eigenvalue weighted by Crippen LogP contribution is -2.15. The molecule has 2 aromatic carbocycles. The van der Waals surface area contributed by atoms with Crippen molar-refractivity contribution < 1.29 is 9.18 Å². The largest absolute Gasteiger partial charge is 0.323 e. The highest BCUT2D eigenvalue weighted by Crippen LogP contribution is 2.25. The lowest BCUT2D eigenvalue weighted by atomic mass is 10.2. The first-order valence-electron chi connectivity index (χ1n) is 6.22. The van der Waals surface area contributed by atoms with Gasteiger partial charge in [0.05, 0.1) is 21.5 Å². The number of rotatable bonds is 5. The standard InChI is InChI=1S/C15H11BrCl2FNOS/c16-10-2-4-14(13(19)6-10)20-15(21)8-22-7-9-1-3-11(17)12(18)5-9/h1-6H,7-8H2,(H,20,21). The Morgan fingerprint density at radius 3 is 2.64 bits per heavy atom. The predicted molar refractivity (Wildman–Crippen MR) is 95.4 cm³/mol. The number of hydrogen-bond acceptors (Lipinski definition) is 2. The van der Waals surface area contributed by atoms with E-state index in [0.717, 1.165) is 5.56 Å². The van der Waals surface area contributed by atoms with Crippen molar-refractivity contribution >= 4 is 62.5 Å². The van der Waals surface area contributed by atoms with Crippen LogP contribution in [-0.4, -0.2) is 11.7 Å². The Morgan fingerprint density at radius 2 is 1.95 bits per heavy atom. The molecule has 1 N–H and O–H groups in total. The van der Waals surface area contributed by atoms with Gasteiger partial charge in [0.15, 0.2) is 0 Å². The summed E-state index contributed by atoms with van der Waals surface area (Å²) < 4.78 is 14.2. The highest BCUT2D eigenvalue weighted by atomic mass is 79.9. The average molecular weight is 423 g/mol. The van der Waals surface area contributed by atoms with E-state index >= 15 is 0 Å². The minimum Gasteiger partial charge on any atom is -0.323 e. The lowest BCUT2D eigenvalue weighted by molar-refractivity contribution is -0.113. The summed E-state index contributed by atoms with van der Waals surface area (Å²) in [5.74, 6) is 0.103. The van der Waals surface area contributed by atoms with Gasteiger partial charge in [-0.2, -0.15) is 0 Å². The van der Waals surface area contributed by atoms with Crippen LogP contribution in [0, 0.1) is 5.82 Å². The van der Waals surface area contributed by atoms with Gasteiger partial charge in [0.1, 0.15) is 5.82 Å². The highest BCUT2D eigenvalue weighted by Gasteiger charge is 2.08. The van der Waals surface area contributed by atoms with Crippen LogP contribution in [0.5, 0.6) is 0 Å². The minimum absolute atomic E-state index is 0.170. The molecule has 2 nitrogen and oxygen atoms in total. The second-order valence-corrected chi connectivity index (χ2v) is 7.13. The van der Waals surface area contributed by atoms with E-state index in [0.29, 0.717) is 20.3 Å². The van der Waals surface area contributed by atoms with Gasteiger partial charge in [-0.15, -0.1) is 11.8 Å². The average Bonchev–Trinajstić information content (AvgIpc) is 2.46. The molecule has 0 saturated carbocycles.